The number of hydrazone groups is 1. The van der Waals surface area contributed by atoms with Crippen LogP contribution in [0.1, 0.15) is 12.5 Å². The second kappa shape index (κ2) is 8.72. The molecule has 0 atom stereocenters. The summed E-state index contributed by atoms with van der Waals surface area (Å²) in [6, 6.07) is 10.5. The standard InChI is InChI=1S/C16H12BrCl3N2O2/c1-9(10-3-2-4-11(17)5-10)21-22-15(23)8-24-16-13(19)6-12(18)7-14(16)20/h2-7H,8H2,1H3,(H,22,23). The van der Waals surface area contributed by atoms with Gasteiger partial charge in [-0.1, -0.05) is 62.9 Å². The van der Waals surface area contributed by atoms with Gasteiger partial charge in [0.05, 0.1) is 15.8 Å². The molecule has 4 nitrogen and oxygen atoms in total. The molecule has 126 valence electrons. The first-order valence-electron chi connectivity index (χ1n) is 6.73. The molecule has 2 aromatic carbocycles. The monoisotopic (exact) mass is 448 g/mol. The topological polar surface area (TPSA) is 50.7 Å². The van der Waals surface area contributed by atoms with Gasteiger partial charge in [-0.15, -0.1) is 0 Å². The Balaban J connectivity index is 1.96. The molecule has 0 bridgehead atoms. The molecule has 0 heterocycles. The highest BCUT2D eigenvalue weighted by Crippen LogP contribution is 2.35. The number of carbonyl (C=O) groups is 1. The number of hydrogen-bond acceptors (Lipinski definition) is 3. The van der Waals surface area contributed by atoms with Gasteiger partial charge in [0.15, 0.2) is 12.4 Å². The van der Waals surface area contributed by atoms with Crippen molar-refractivity contribution >= 4 is 62.4 Å². The lowest BCUT2D eigenvalue weighted by molar-refractivity contribution is -0.123. The van der Waals surface area contributed by atoms with Crippen molar-refractivity contribution in [2.75, 3.05) is 6.61 Å². The highest BCUT2D eigenvalue weighted by atomic mass is 79.9. The molecule has 1 amide bonds. The molecule has 0 fully saturated rings. The van der Waals surface area contributed by atoms with Gasteiger partial charge in [-0.05, 0) is 36.8 Å². The summed E-state index contributed by atoms with van der Waals surface area (Å²) in [4.78, 5) is 11.8. The van der Waals surface area contributed by atoms with Gasteiger partial charge in [0.2, 0.25) is 0 Å². The van der Waals surface area contributed by atoms with Crippen LogP contribution in [0.15, 0.2) is 46.0 Å². The van der Waals surface area contributed by atoms with Crippen LogP contribution in [-0.2, 0) is 4.79 Å². The molecule has 0 saturated heterocycles. The third-order valence-corrected chi connectivity index (χ3v) is 4.17. The second-order valence-electron chi connectivity index (χ2n) is 4.73. The number of rotatable bonds is 5. The van der Waals surface area contributed by atoms with Gasteiger partial charge in [0.25, 0.3) is 5.91 Å². The Morgan fingerprint density at radius 3 is 2.50 bits per heavy atom. The van der Waals surface area contributed by atoms with Crippen molar-refractivity contribution in [1.82, 2.24) is 5.43 Å². The predicted molar refractivity (Wildman–Crippen MR) is 101 cm³/mol. The van der Waals surface area contributed by atoms with Crippen LogP contribution in [0.5, 0.6) is 5.75 Å². The van der Waals surface area contributed by atoms with Crippen molar-refractivity contribution in [2.45, 2.75) is 6.92 Å². The minimum absolute atomic E-state index is 0.200. The predicted octanol–water partition coefficient (Wildman–Crippen LogP) is 5.33. The number of nitrogens with zero attached hydrogens (tertiary/aromatic N) is 1. The minimum atomic E-state index is -0.438. The Kier molecular flexibility index (Phi) is 6.92. The number of benzene rings is 2. The smallest absolute Gasteiger partial charge is 0.277 e. The highest BCUT2D eigenvalue weighted by molar-refractivity contribution is 9.10. The van der Waals surface area contributed by atoms with E-state index in [0.717, 1.165) is 10.0 Å². The van der Waals surface area contributed by atoms with Crippen molar-refractivity contribution in [3.63, 3.8) is 0 Å². The maximum atomic E-state index is 11.8. The Labute approximate surface area is 162 Å². The van der Waals surface area contributed by atoms with Crippen LogP contribution in [0.2, 0.25) is 15.1 Å². The van der Waals surface area contributed by atoms with Crippen LogP contribution >= 0.6 is 50.7 Å². The number of halogens is 4. The molecule has 8 heteroatoms. The zero-order chi connectivity index (χ0) is 17.7. The maximum absolute atomic E-state index is 11.8. The van der Waals surface area contributed by atoms with Gasteiger partial charge >= 0.3 is 0 Å². The summed E-state index contributed by atoms with van der Waals surface area (Å²) in [5.41, 5.74) is 3.96. The van der Waals surface area contributed by atoms with Crippen LogP contribution in [0.4, 0.5) is 0 Å². The Hall–Kier alpha value is -1.27. The molecule has 0 aliphatic rings. The van der Waals surface area contributed by atoms with Crippen molar-refractivity contribution < 1.29 is 9.53 Å². The third-order valence-electron chi connectivity index (χ3n) is 2.90. The molecule has 24 heavy (non-hydrogen) atoms. The van der Waals surface area contributed by atoms with Gasteiger partial charge in [-0.3, -0.25) is 4.79 Å². The van der Waals surface area contributed by atoms with E-state index in [0.29, 0.717) is 10.7 Å². The summed E-state index contributed by atoms with van der Waals surface area (Å²) >= 11 is 21.2. The van der Waals surface area contributed by atoms with Crippen LogP contribution < -0.4 is 10.2 Å². The highest BCUT2D eigenvalue weighted by Gasteiger charge is 2.11. The number of amides is 1. The van der Waals surface area contributed by atoms with Crippen molar-refractivity contribution in [2.24, 2.45) is 5.10 Å². The summed E-state index contributed by atoms with van der Waals surface area (Å²) in [7, 11) is 0. The Bertz CT molecular complexity index is 774. The second-order valence-corrected chi connectivity index (χ2v) is 6.90. The largest absolute Gasteiger partial charge is 0.481 e. The van der Waals surface area contributed by atoms with E-state index in [4.69, 9.17) is 39.5 Å². The number of ether oxygens (including phenoxy) is 1. The molecule has 2 rings (SSSR count). The van der Waals surface area contributed by atoms with E-state index in [1.165, 1.54) is 12.1 Å². The molecule has 0 saturated carbocycles. The van der Waals surface area contributed by atoms with Crippen molar-refractivity contribution in [3.05, 3.63) is 61.5 Å². The summed E-state index contributed by atoms with van der Waals surface area (Å²) in [6.07, 6.45) is 0. The van der Waals surface area contributed by atoms with Gasteiger partial charge in [-0.25, -0.2) is 5.43 Å². The van der Waals surface area contributed by atoms with E-state index in [1.54, 1.807) is 6.92 Å². The van der Waals surface area contributed by atoms with E-state index >= 15 is 0 Å². The van der Waals surface area contributed by atoms with E-state index < -0.39 is 5.91 Å². The molecule has 0 aliphatic heterocycles. The summed E-state index contributed by atoms with van der Waals surface area (Å²) in [5.74, 6) is -0.239. The average Bonchev–Trinajstić information content (AvgIpc) is 2.51. The van der Waals surface area contributed by atoms with E-state index in [-0.39, 0.29) is 22.4 Å². The van der Waals surface area contributed by atoms with Gasteiger partial charge in [0, 0.05) is 9.50 Å². The lowest BCUT2D eigenvalue weighted by Gasteiger charge is -2.09. The SMILES string of the molecule is CC(=NNC(=O)COc1c(Cl)cc(Cl)cc1Cl)c1cccc(Br)c1. The Morgan fingerprint density at radius 1 is 1.21 bits per heavy atom. The lowest BCUT2D eigenvalue weighted by atomic mass is 10.1. The Morgan fingerprint density at radius 2 is 1.88 bits per heavy atom. The normalized spacial score (nSPS) is 11.3. The van der Waals surface area contributed by atoms with E-state index in [1.807, 2.05) is 24.3 Å². The summed E-state index contributed by atoms with van der Waals surface area (Å²) in [5, 5.41) is 4.88. The summed E-state index contributed by atoms with van der Waals surface area (Å²) in [6.45, 7) is 1.51. The zero-order valence-electron chi connectivity index (χ0n) is 12.4. The maximum Gasteiger partial charge on any atom is 0.277 e. The quantitative estimate of drug-likeness (QED) is 0.495. The summed E-state index contributed by atoms with van der Waals surface area (Å²) < 4.78 is 6.26. The molecule has 0 spiro atoms. The van der Waals surface area contributed by atoms with E-state index in [2.05, 4.69) is 26.5 Å². The number of nitrogens with one attached hydrogen (secondary N) is 1. The van der Waals surface area contributed by atoms with Crippen molar-refractivity contribution in [1.29, 1.82) is 0 Å². The lowest BCUT2D eigenvalue weighted by Crippen LogP contribution is -2.25. The molecular formula is C16H12BrCl3N2O2. The zero-order valence-corrected chi connectivity index (χ0v) is 16.3. The van der Waals surface area contributed by atoms with E-state index in [9.17, 15) is 4.79 Å². The molecule has 1 N–H and O–H groups in total. The first kappa shape index (κ1) is 19.1. The van der Waals surface area contributed by atoms with Crippen LogP contribution in [0.3, 0.4) is 0 Å². The fourth-order valence-corrected chi connectivity index (χ4v) is 3.09. The molecular weight excluding hydrogens is 438 g/mol. The fraction of sp³-hybridized carbons (Fsp3) is 0.125. The molecule has 2 aromatic rings. The number of carbonyl (C=O) groups excluding carboxylic acids is 1. The van der Waals surface area contributed by atoms with Gasteiger partial charge in [-0.2, -0.15) is 5.10 Å². The van der Waals surface area contributed by atoms with Crippen molar-refractivity contribution in [3.8, 4) is 5.75 Å². The average molecular weight is 451 g/mol. The van der Waals surface area contributed by atoms with Gasteiger partial charge in [0.1, 0.15) is 0 Å². The van der Waals surface area contributed by atoms with Crippen LogP contribution in [-0.4, -0.2) is 18.2 Å². The first-order valence-corrected chi connectivity index (χ1v) is 8.66. The van der Waals surface area contributed by atoms with Gasteiger partial charge < -0.3 is 4.74 Å². The minimum Gasteiger partial charge on any atom is -0.481 e. The number of hydrogen-bond donors (Lipinski definition) is 1. The van der Waals surface area contributed by atoms with Crippen LogP contribution in [0, 0.1) is 0 Å². The fourth-order valence-electron chi connectivity index (χ4n) is 1.76. The first-order chi connectivity index (χ1) is 11.4. The molecule has 0 aliphatic carbocycles. The molecule has 0 radical (unpaired) electrons. The van der Waals surface area contributed by atoms with Crippen LogP contribution in [0.25, 0.3) is 0 Å². The molecule has 0 unspecified atom stereocenters. The molecule has 0 aromatic heterocycles. The third kappa shape index (κ3) is 5.38.